The minimum absolute atomic E-state index is 0.869. The Morgan fingerprint density at radius 3 is 2.82 bits per heavy atom. The van der Waals surface area contributed by atoms with Crippen molar-refractivity contribution in [3.8, 4) is 0 Å². The van der Waals surface area contributed by atoms with Gasteiger partial charge in [0.25, 0.3) is 0 Å². The highest BCUT2D eigenvalue weighted by atomic mass is 79.9. The molecule has 0 saturated heterocycles. The van der Waals surface area contributed by atoms with E-state index in [4.69, 9.17) is 5.73 Å². The molecule has 0 aliphatic rings. The summed E-state index contributed by atoms with van der Waals surface area (Å²) in [5.41, 5.74) is 7.83. The van der Waals surface area contributed by atoms with Gasteiger partial charge in [0.15, 0.2) is 0 Å². The average molecular weight is 232 g/mol. The molecule has 0 bridgehead atoms. The SMILES string of the molecule is CSCc1c(N)cccc1Br. The molecule has 2 N–H and O–H groups in total. The molecule has 1 aromatic carbocycles. The van der Waals surface area contributed by atoms with Gasteiger partial charge >= 0.3 is 0 Å². The molecule has 1 nitrogen and oxygen atoms in total. The summed E-state index contributed by atoms with van der Waals surface area (Å²) in [4.78, 5) is 0. The molecule has 1 rings (SSSR count). The summed E-state index contributed by atoms with van der Waals surface area (Å²) in [6, 6.07) is 5.89. The third-order valence-corrected chi connectivity index (χ3v) is 2.76. The van der Waals surface area contributed by atoms with E-state index in [0.717, 1.165) is 15.9 Å². The third kappa shape index (κ3) is 2.14. The molecule has 1 aromatic rings. The largest absolute Gasteiger partial charge is 0.398 e. The molecular weight excluding hydrogens is 222 g/mol. The van der Waals surface area contributed by atoms with Gasteiger partial charge in [-0.25, -0.2) is 0 Å². The van der Waals surface area contributed by atoms with E-state index in [1.165, 1.54) is 5.56 Å². The van der Waals surface area contributed by atoms with Gasteiger partial charge in [-0.3, -0.25) is 0 Å². The van der Waals surface area contributed by atoms with Crippen LogP contribution in [0.15, 0.2) is 22.7 Å². The molecule has 0 fully saturated rings. The minimum atomic E-state index is 0.869. The molecule has 0 atom stereocenters. The van der Waals surface area contributed by atoms with Crippen LogP contribution in [0, 0.1) is 0 Å². The van der Waals surface area contributed by atoms with E-state index in [2.05, 4.69) is 22.2 Å². The Balaban J connectivity index is 3.00. The van der Waals surface area contributed by atoms with Crippen molar-refractivity contribution in [2.45, 2.75) is 5.75 Å². The molecule has 3 heteroatoms. The molecule has 0 aromatic heterocycles. The van der Waals surface area contributed by atoms with Crippen molar-refractivity contribution in [2.24, 2.45) is 0 Å². The molecule has 0 spiro atoms. The number of hydrogen-bond acceptors (Lipinski definition) is 2. The Kier molecular flexibility index (Phi) is 3.27. The molecule has 0 amide bonds. The summed E-state index contributed by atoms with van der Waals surface area (Å²) in [6.07, 6.45) is 2.07. The van der Waals surface area contributed by atoms with Gasteiger partial charge in [0, 0.05) is 15.9 Å². The lowest BCUT2D eigenvalue weighted by molar-refractivity contribution is 1.39. The minimum Gasteiger partial charge on any atom is -0.398 e. The Labute approximate surface area is 79.5 Å². The second-order valence-corrected chi connectivity index (χ2v) is 3.96. The highest BCUT2D eigenvalue weighted by molar-refractivity contribution is 9.10. The van der Waals surface area contributed by atoms with Gasteiger partial charge in [0.05, 0.1) is 0 Å². The highest BCUT2D eigenvalue weighted by Gasteiger charge is 2.01. The van der Waals surface area contributed by atoms with Gasteiger partial charge in [-0.1, -0.05) is 22.0 Å². The molecule has 0 aliphatic heterocycles. The van der Waals surface area contributed by atoms with Crippen LogP contribution in [-0.4, -0.2) is 6.26 Å². The topological polar surface area (TPSA) is 26.0 Å². The van der Waals surface area contributed by atoms with E-state index in [-0.39, 0.29) is 0 Å². The van der Waals surface area contributed by atoms with Crippen LogP contribution in [0.1, 0.15) is 5.56 Å². The van der Waals surface area contributed by atoms with Gasteiger partial charge in [0.1, 0.15) is 0 Å². The maximum Gasteiger partial charge on any atom is 0.0366 e. The maximum atomic E-state index is 5.76. The summed E-state index contributed by atoms with van der Waals surface area (Å²) in [5.74, 6) is 0.966. The molecule has 0 radical (unpaired) electrons. The second kappa shape index (κ2) is 4.02. The quantitative estimate of drug-likeness (QED) is 0.793. The predicted octanol–water partition coefficient (Wildman–Crippen LogP) is 2.89. The predicted molar refractivity (Wildman–Crippen MR) is 55.8 cm³/mol. The summed E-state index contributed by atoms with van der Waals surface area (Å²) in [7, 11) is 0. The van der Waals surface area contributed by atoms with E-state index < -0.39 is 0 Å². The fourth-order valence-electron chi connectivity index (χ4n) is 0.872. The fraction of sp³-hybridized carbons (Fsp3) is 0.250. The zero-order valence-corrected chi connectivity index (χ0v) is 8.71. The van der Waals surface area contributed by atoms with Gasteiger partial charge in [-0.05, 0) is 24.0 Å². The first-order valence-electron chi connectivity index (χ1n) is 3.27. The molecule has 0 saturated carbocycles. The van der Waals surface area contributed by atoms with Crippen LogP contribution in [0.3, 0.4) is 0 Å². The third-order valence-electron chi connectivity index (χ3n) is 1.44. The first-order valence-corrected chi connectivity index (χ1v) is 5.46. The second-order valence-electron chi connectivity index (χ2n) is 2.24. The Hall–Kier alpha value is -0.150. The number of rotatable bonds is 2. The number of halogens is 1. The van der Waals surface area contributed by atoms with Crippen LogP contribution >= 0.6 is 27.7 Å². The lowest BCUT2D eigenvalue weighted by Gasteiger charge is -2.05. The van der Waals surface area contributed by atoms with E-state index in [0.29, 0.717) is 0 Å². The number of hydrogen-bond donors (Lipinski definition) is 1. The van der Waals surface area contributed by atoms with Gasteiger partial charge < -0.3 is 5.73 Å². The van der Waals surface area contributed by atoms with Crippen LogP contribution in [-0.2, 0) is 5.75 Å². The lowest BCUT2D eigenvalue weighted by atomic mass is 10.2. The molecule has 0 heterocycles. The van der Waals surface area contributed by atoms with Crippen molar-refractivity contribution in [3.63, 3.8) is 0 Å². The van der Waals surface area contributed by atoms with E-state index in [1.54, 1.807) is 11.8 Å². The van der Waals surface area contributed by atoms with Gasteiger partial charge in [0.2, 0.25) is 0 Å². The molecule has 0 unspecified atom stereocenters. The Morgan fingerprint density at radius 1 is 1.55 bits per heavy atom. The maximum absolute atomic E-state index is 5.76. The number of anilines is 1. The first-order chi connectivity index (χ1) is 5.25. The highest BCUT2D eigenvalue weighted by Crippen LogP contribution is 2.25. The fourth-order valence-corrected chi connectivity index (χ4v) is 2.19. The summed E-state index contributed by atoms with van der Waals surface area (Å²) < 4.78 is 1.10. The van der Waals surface area contributed by atoms with Crippen LogP contribution in [0.2, 0.25) is 0 Å². The van der Waals surface area contributed by atoms with Gasteiger partial charge in [-0.2, -0.15) is 11.8 Å². The Morgan fingerprint density at radius 2 is 2.27 bits per heavy atom. The van der Waals surface area contributed by atoms with Crippen LogP contribution in [0.4, 0.5) is 5.69 Å². The van der Waals surface area contributed by atoms with Crippen LogP contribution < -0.4 is 5.73 Å². The lowest BCUT2D eigenvalue weighted by Crippen LogP contribution is -1.92. The van der Waals surface area contributed by atoms with Crippen LogP contribution in [0.5, 0.6) is 0 Å². The van der Waals surface area contributed by atoms with Crippen molar-refractivity contribution in [1.82, 2.24) is 0 Å². The van der Waals surface area contributed by atoms with E-state index >= 15 is 0 Å². The first kappa shape index (κ1) is 8.94. The monoisotopic (exact) mass is 231 g/mol. The molecule has 60 valence electrons. The summed E-state index contributed by atoms with van der Waals surface area (Å²) in [6.45, 7) is 0. The number of benzene rings is 1. The molecule has 0 aliphatic carbocycles. The van der Waals surface area contributed by atoms with Crippen molar-refractivity contribution in [3.05, 3.63) is 28.2 Å². The number of nitrogen functional groups attached to an aromatic ring is 1. The van der Waals surface area contributed by atoms with E-state index in [9.17, 15) is 0 Å². The number of nitrogens with two attached hydrogens (primary N) is 1. The summed E-state index contributed by atoms with van der Waals surface area (Å²) >= 11 is 5.23. The van der Waals surface area contributed by atoms with Crippen molar-refractivity contribution < 1.29 is 0 Å². The smallest absolute Gasteiger partial charge is 0.0366 e. The van der Waals surface area contributed by atoms with Crippen molar-refractivity contribution in [1.29, 1.82) is 0 Å². The number of thioether (sulfide) groups is 1. The zero-order valence-electron chi connectivity index (χ0n) is 6.30. The molecular formula is C8H10BrNS. The van der Waals surface area contributed by atoms with E-state index in [1.807, 2.05) is 18.2 Å². The zero-order chi connectivity index (χ0) is 8.27. The van der Waals surface area contributed by atoms with Crippen molar-refractivity contribution in [2.75, 3.05) is 12.0 Å². The van der Waals surface area contributed by atoms with Crippen LogP contribution in [0.25, 0.3) is 0 Å². The summed E-state index contributed by atoms with van der Waals surface area (Å²) in [5, 5.41) is 0. The molecule has 11 heavy (non-hydrogen) atoms. The standard InChI is InChI=1S/C8H10BrNS/c1-11-5-6-7(9)3-2-4-8(6)10/h2-4H,5,10H2,1H3. The van der Waals surface area contributed by atoms with Gasteiger partial charge in [-0.15, -0.1) is 0 Å². The average Bonchev–Trinajstić information content (AvgIpc) is 1.97. The normalized spacial score (nSPS) is 10.0. The Bertz CT molecular complexity index is 230. The van der Waals surface area contributed by atoms with Crippen molar-refractivity contribution >= 4 is 33.4 Å².